The van der Waals surface area contributed by atoms with Gasteiger partial charge in [-0.1, -0.05) is 18.5 Å². The van der Waals surface area contributed by atoms with E-state index in [9.17, 15) is 4.79 Å². The van der Waals surface area contributed by atoms with E-state index < -0.39 is 0 Å². The largest absolute Gasteiger partial charge is 0.441 e. The van der Waals surface area contributed by atoms with Crippen molar-refractivity contribution in [2.75, 3.05) is 0 Å². The van der Waals surface area contributed by atoms with Gasteiger partial charge in [-0.05, 0) is 13.3 Å². The van der Waals surface area contributed by atoms with Gasteiger partial charge in [0.15, 0.2) is 5.82 Å². The van der Waals surface area contributed by atoms with Crippen molar-refractivity contribution < 1.29 is 4.52 Å². The van der Waals surface area contributed by atoms with Gasteiger partial charge in [0.1, 0.15) is 0 Å². The van der Waals surface area contributed by atoms with E-state index in [1.165, 1.54) is 0 Å². The first-order valence-electron chi connectivity index (χ1n) is 3.78. The second-order valence-corrected chi connectivity index (χ2v) is 2.50. The average Bonchev–Trinajstić information content (AvgIpc) is 2.29. The first-order chi connectivity index (χ1) is 5.25. The topological polar surface area (TPSA) is 48.0 Å². The summed E-state index contributed by atoms with van der Waals surface area (Å²) >= 11 is 0. The van der Waals surface area contributed by atoms with Crippen LogP contribution in [0.4, 0.5) is 0 Å². The Labute approximate surface area is 64.8 Å². The van der Waals surface area contributed by atoms with E-state index >= 15 is 0 Å². The average molecular weight is 156 g/mol. The van der Waals surface area contributed by atoms with Crippen LogP contribution in [0.5, 0.6) is 0 Å². The van der Waals surface area contributed by atoms with Crippen molar-refractivity contribution >= 4 is 0 Å². The standard InChI is InChI=1S/C7H12N2O2/c1-3-4-5-9-6(2)8-11-7(9)10/h3-5H2,1-2H3. The van der Waals surface area contributed by atoms with Crippen LogP contribution >= 0.6 is 0 Å². The highest BCUT2D eigenvalue weighted by Crippen LogP contribution is 1.94. The molecule has 0 spiro atoms. The Hall–Kier alpha value is -1.06. The summed E-state index contributed by atoms with van der Waals surface area (Å²) in [6.07, 6.45) is 2.05. The van der Waals surface area contributed by atoms with Gasteiger partial charge in [-0.25, -0.2) is 4.79 Å². The molecule has 0 saturated heterocycles. The Balaban J connectivity index is 2.75. The van der Waals surface area contributed by atoms with E-state index in [0.29, 0.717) is 12.4 Å². The maximum absolute atomic E-state index is 10.9. The van der Waals surface area contributed by atoms with Crippen molar-refractivity contribution in [2.24, 2.45) is 0 Å². The predicted octanol–water partition coefficient (Wildman–Crippen LogP) is 0.945. The summed E-state index contributed by atoms with van der Waals surface area (Å²) in [6, 6.07) is 0. The van der Waals surface area contributed by atoms with Crippen molar-refractivity contribution in [3.05, 3.63) is 16.4 Å². The second kappa shape index (κ2) is 3.37. The van der Waals surface area contributed by atoms with E-state index in [1.807, 2.05) is 0 Å². The summed E-state index contributed by atoms with van der Waals surface area (Å²) in [5, 5.41) is 3.54. The number of hydrogen-bond donors (Lipinski definition) is 0. The van der Waals surface area contributed by atoms with Crippen molar-refractivity contribution in [2.45, 2.75) is 33.2 Å². The van der Waals surface area contributed by atoms with Crippen molar-refractivity contribution in [3.63, 3.8) is 0 Å². The predicted molar refractivity (Wildman–Crippen MR) is 40.4 cm³/mol. The minimum absolute atomic E-state index is 0.351. The van der Waals surface area contributed by atoms with Crippen LogP contribution in [0.1, 0.15) is 25.6 Å². The zero-order chi connectivity index (χ0) is 8.27. The van der Waals surface area contributed by atoms with Crippen LogP contribution in [0.25, 0.3) is 0 Å². The Morgan fingerprint density at radius 3 is 2.82 bits per heavy atom. The molecule has 4 nitrogen and oxygen atoms in total. The fraction of sp³-hybridized carbons (Fsp3) is 0.714. The van der Waals surface area contributed by atoms with Gasteiger partial charge in [0.25, 0.3) is 0 Å². The highest BCUT2D eigenvalue weighted by Gasteiger charge is 2.03. The molecule has 62 valence electrons. The molecule has 0 N–H and O–H groups in total. The molecule has 1 heterocycles. The Morgan fingerprint density at radius 1 is 1.64 bits per heavy atom. The molecular formula is C7H12N2O2. The number of hydrogen-bond acceptors (Lipinski definition) is 3. The monoisotopic (exact) mass is 156 g/mol. The number of unbranched alkanes of at least 4 members (excludes halogenated alkanes) is 1. The van der Waals surface area contributed by atoms with Gasteiger partial charge in [0.2, 0.25) is 0 Å². The number of nitrogens with zero attached hydrogens (tertiary/aromatic N) is 2. The maximum Gasteiger partial charge on any atom is 0.441 e. The summed E-state index contributed by atoms with van der Waals surface area (Å²) in [4.78, 5) is 10.9. The molecule has 1 aromatic rings. The van der Waals surface area contributed by atoms with E-state index in [2.05, 4.69) is 16.6 Å². The number of aryl methyl sites for hydroxylation is 1. The van der Waals surface area contributed by atoms with Crippen LogP contribution < -0.4 is 5.76 Å². The van der Waals surface area contributed by atoms with Gasteiger partial charge in [-0.2, -0.15) is 0 Å². The maximum atomic E-state index is 10.9. The van der Waals surface area contributed by atoms with E-state index in [1.54, 1.807) is 11.5 Å². The van der Waals surface area contributed by atoms with Gasteiger partial charge in [0.05, 0.1) is 0 Å². The Kier molecular flexibility index (Phi) is 2.46. The zero-order valence-corrected chi connectivity index (χ0v) is 6.83. The molecule has 0 radical (unpaired) electrons. The van der Waals surface area contributed by atoms with E-state index in [4.69, 9.17) is 0 Å². The summed E-state index contributed by atoms with van der Waals surface area (Å²) in [5.74, 6) is 0.305. The summed E-state index contributed by atoms with van der Waals surface area (Å²) in [5.41, 5.74) is 0. The molecule has 0 aromatic carbocycles. The molecule has 0 aliphatic carbocycles. The van der Waals surface area contributed by atoms with Crippen LogP contribution in [-0.2, 0) is 6.54 Å². The van der Waals surface area contributed by atoms with Crippen LogP contribution in [0.15, 0.2) is 9.32 Å². The molecule has 0 bridgehead atoms. The van der Waals surface area contributed by atoms with Gasteiger partial charge >= 0.3 is 5.76 Å². The molecule has 0 amide bonds. The number of aromatic nitrogens is 2. The minimum Gasteiger partial charge on any atom is -0.296 e. The highest BCUT2D eigenvalue weighted by atomic mass is 16.5. The molecule has 4 heteroatoms. The molecule has 0 atom stereocenters. The van der Waals surface area contributed by atoms with Gasteiger partial charge in [-0.3, -0.25) is 9.09 Å². The summed E-state index contributed by atoms with van der Waals surface area (Å²) in [6.45, 7) is 4.55. The first kappa shape index (κ1) is 8.04. The smallest absolute Gasteiger partial charge is 0.296 e. The fourth-order valence-electron chi connectivity index (χ4n) is 0.905. The third-order valence-electron chi connectivity index (χ3n) is 1.60. The third-order valence-corrected chi connectivity index (χ3v) is 1.60. The van der Waals surface area contributed by atoms with Crippen molar-refractivity contribution in [1.82, 2.24) is 9.72 Å². The molecule has 0 aliphatic rings. The Bertz CT molecular complexity index is 274. The lowest BCUT2D eigenvalue weighted by atomic mass is 10.3. The van der Waals surface area contributed by atoms with Gasteiger partial charge in [0, 0.05) is 6.54 Å². The Morgan fingerprint density at radius 2 is 2.36 bits per heavy atom. The summed E-state index contributed by atoms with van der Waals surface area (Å²) < 4.78 is 5.99. The number of rotatable bonds is 3. The normalized spacial score (nSPS) is 10.4. The SMILES string of the molecule is CCCCn1c(C)noc1=O. The molecule has 0 aliphatic heterocycles. The highest BCUT2D eigenvalue weighted by molar-refractivity contribution is 4.77. The minimum atomic E-state index is -0.351. The molecule has 0 unspecified atom stereocenters. The lowest BCUT2D eigenvalue weighted by molar-refractivity contribution is 0.373. The molecule has 0 fully saturated rings. The van der Waals surface area contributed by atoms with Gasteiger partial charge in [-0.15, -0.1) is 0 Å². The lowest BCUT2D eigenvalue weighted by Gasteiger charge is -1.97. The fourth-order valence-corrected chi connectivity index (χ4v) is 0.905. The van der Waals surface area contributed by atoms with E-state index in [-0.39, 0.29) is 5.76 Å². The van der Waals surface area contributed by atoms with Crippen LogP contribution in [0.3, 0.4) is 0 Å². The quantitative estimate of drug-likeness (QED) is 0.654. The van der Waals surface area contributed by atoms with E-state index in [0.717, 1.165) is 12.8 Å². The van der Waals surface area contributed by atoms with Gasteiger partial charge < -0.3 is 0 Å². The molecule has 11 heavy (non-hydrogen) atoms. The summed E-state index contributed by atoms with van der Waals surface area (Å²) in [7, 11) is 0. The lowest BCUT2D eigenvalue weighted by Crippen LogP contribution is -2.15. The van der Waals surface area contributed by atoms with Crippen LogP contribution in [0, 0.1) is 6.92 Å². The molecule has 0 saturated carbocycles. The van der Waals surface area contributed by atoms with Crippen molar-refractivity contribution in [1.29, 1.82) is 0 Å². The second-order valence-electron chi connectivity index (χ2n) is 2.50. The van der Waals surface area contributed by atoms with Crippen molar-refractivity contribution in [3.8, 4) is 0 Å². The zero-order valence-electron chi connectivity index (χ0n) is 6.83. The molecular weight excluding hydrogens is 144 g/mol. The molecule has 1 aromatic heterocycles. The molecule has 1 rings (SSSR count). The van der Waals surface area contributed by atoms with Crippen LogP contribution in [-0.4, -0.2) is 9.72 Å². The first-order valence-corrected chi connectivity index (χ1v) is 3.78. The van der Waals surface area contributed by atoms with Crippen LogP contribution in [0.2, 0.25) is 0 Å². The third kappa shape index (κ3) is 1.69.